The first-order valence-corrected chi connectivity index (χ1v) is 8.42. The number of hydrogen-bond acceptors (Lipinski definition) is 5. The first-order valence-electron chi connectivity index (χ1n) is 8.42. The van der Waals surface area contributed by atoms with E-state index in [2.05, 4.69) is 20.4 Å². The Labute approximate surface area is 155 Å². The Morgan fingerprint density at radius 2 is 1.81 bits per heavy atom. The van der Waals surface area contributed by atoms with Gasteiger partial charge in [0, 0.05) is 11.8 Å². The molecule has 0 saturated heterocycles. The third-order valence-electron chi connectivity index (χ3n) is 4.06. The van der Waals surface area contributed by atoms with Crippen molar-refractivity contribution in [2.75, 3.05) is 5.32 Å². The minimum absolute atomic E-state index is 0.270. The van der Waals surface area contributed by atoms with Crippen LogP contribution in [0.4, 0.5) is 5.69 Å². The smallest absolute Gasteiger partial charge is 0.259 e. The van der Waals surface area contributed by atoms with Crippen molar-refractivity contribution >= 4 is 11.6 Å². The zero-order chi connectivity index (χ0) is 18.6. The van der Waals surface area contributed by atoms with E-state index in [-0.39, 0.29) is 5.91 Å². The van der Waals surface area contributed by atoms with E-state index in [0.29, 0.717) is 28.5 Å². The van der Waals surface area contributed by atoms with E-state index in [0.717, 1.165) is 11.1 Å². The van der Waals surface area contributed by atoms with Gasteiger partial charge in [0.2, 0.25) is 5.82 Å². The van der Waals surface area contributed by atoms with Crippen LogP contribution >= 0.6 is 0 Å². The van der Waals surface area contributed by atoms with Crippen molar-refractivity contribution in [2.45, 2.75) is 6.92 Å². The third kappa shape index (κ3) is 3.59. The van der Waals surface area contributed by atoms with Crippen LogP contribution in [-0.2, 0) is 0 Å². The standard InChI is InChI=1S/C21H16N4O2/c1-14-8-10-15(11-9-14)19-24-21(27-25-19)18-7-3-2-6-17(18)20(26)23-16-5-4-12-22-13-16/h2-13H,1H3,(H,23,26). The molecule has 0 fully saturated rings. The molecule has 1 amide bonds. The third-order valence-corrected chi connectivity index (χ3v) is 4.06. The van der Waals surface area contributed by atoms with Crippen molar-refractivity contribution in [2.24, 2.45) is 0 Å². The number of nitrogens with zero attached hydrogens (tertiary/aromatic N) is 3. The summed E-state index contributed by atoms with van der Waals surface area (Å²) < 4.78 is 5.42. The molecule has 2 heterocycles. The quantitative estimate of drug-likeness (QED) is 0.587. The van der Waals surface area contributed by atoms with E-state index < -0.39 is 0 Å². The monoisotopic (exact) mass is 356 g/mol. The largest absolute Gasteiger partial charge is 0.334 e. The maximum Gasteiger partial charge on any atom is 0.259 e. The van der Waals surface area contributed by atoms with Gasteiger partial charge in [-0.25, -0.2) is 0 Å². The molecule has 0 aliphatic rings. The highest BCUT2D eigenvalue weighted by atomic mass is 16.5. The number of rotatable bonds is 4. The highest BCUT2D eigenvalue weighted by Crippen LogP contribution is 2.26. The normalized spacial score (nSPS) is 10.6. The van der Waals surface area contributed by atoms with E-state index in [1.807, 2.05) is 37.3 Å². The fraction of sp³-hybridized carbons (Fsp3) is 0.0476. The van der Waals surface area contributed by atoms with Crippen molar-refractivity contribution in [3.63, 3.8) is 0 Å². The number of hydrogen-bond donors (Lipinski definition) is 1. The Kier molecular flexibility index (Phi) is 4.45. The van der Waals surface area contributed by atoms with Crippen molar-refractivity contribution in [1.29, 1.82) is 0 Å². The first-order chi connectivity index (χ1) is 13.2. The number of carbonyl (C=O) groups excluding carboxylic acids is 1. The number of anilines is 1. The first kappa shape index (κ1) is 16.7. The van der Waals surface area contributed by atoms with Crippen LogP contribution in [-0.4, -0.2) is 21.0 Å². The molecule has 4 rings (SSSR count). The lowest BCUT2D eigenvalue weighted by Crippen LogP contribution is -2.13. The van der Waals surface area contributed by atoms with Crippen LogP contribution in [0.15, 0.2) is 77.6 Å². The summed E-state index contributed by atoms with van der Waals surface area (Å²) in [5.74, 6) is 0.503. The molecule has 0 radical (unpaired) electrons. The topological polar surface area (TPSA) is 80.9 Å². The molecule has 0 atom stereocenters. The van der Waals surface area contributed by atoms with Crippen LogP contribution in [0.2, 0.25) is 0 Å². The Bertz CT molecular complexity index is 1070. The zero-order valence-electron chi connectivity index (χ0n) is 14.6. The number of amides is 1. The highest BCUT2D eigenvalue weighted by Gasteiger charge is 2.18. The van der Waals surface area contributed by atoms with Gasteiger partial charge in [0.05, 0.1) is 23.0 Å². The van der Waals surface area contributed by atoms with E-state index in [1.165, 1.54) is 0 Å². The summed E-state index contributed by atoms with van der Waals surface area (Å²) in [6.45, 7) is 2.02. The average Bonchev–Trinajstić information content (AvgIpc) is 3.19. The molecule has 27 heavy (non-hydrogen) atoms. The van der Waals surface area contributed by atoms with Crippen molar-refractivity contribution < 1.29 is 9.32 Å². The van der Waals surface area contributed by atoms with Crippen LogP contribution in [0, 0.1) is 6.92 Å². The molecule has 0 unspecified atom stereocenters. The molecule has 6 nitrogen and oxygen atoms in total. The number of benzene rings is 2. The summed E-state index contributed by atoms with van der Waals surface area (Å²) in [6, 6.07) is 18.5. The van der Waals surface area contributed by atoms with E-state index >= 15 is 0 Å². The van der Waals surface area contributed by atoms with Gasteiger partial charge < -0.3 is 9.84 Å². The average molecular weight is 356 g/mol. The van der Waals surface area contributed by atoms with Gasteiger partial charge in [0.15, 0.2) is 0 Å². The molecule has 132 valence electrons. The van der Waals surface area contributed by atoms with Gasteiger partial charge in [-0.2, -0.15) is 4.98 Å². The molecule has 6 heteroatoms. The lowest BCUT2D eigenvalue weighted by molar-refractivity contribution is 0.102. The number of aromatic nitrogens is 3. The minimum atomic E-state index is -0.270. The lowest BCUT2D eigenvalue weighted by atomic mass is 10.1. The molecule has 0 aliphatic carbocycles. The zero-order valence-corrected chi connectivity index (χ0v) is 14.6. The Hall–Kier alpha value is -3.80. The summed E-state index contributed by atoms with van der Waals surface area (Å²) in [6.07, 6.45) is 3.23. The molecular formula is C21H16N4O2. The number of carbonyl (C=O) groups is 1. The molecule has 2 aromatic heterocycles. The van der Waals surface area contributed by atoms with Gasteiger partial charge >= 0.3 is 0 Å². The van der Waals surface area contributed by atoms with E-state index in [4.69, 9.17) is 4.52 Å². The Morgan fingerprint density at radius 1 is 1.00 bits per heavy atom. The molecule has 0 aliphatic heterocycles. The molecule has 0 bridgehead atoms. The second-order valence-electron chi connectivity index (χ2n) is 6.03. The predicted octanol–water partition coefficient (Wildman–Crippen LogP) is 4.36. The van der Waals surface area contributed by atoms with Gasteiger partial charge in [-0.3, -0.25) is 9.78 Å². The second kappa shape index (κ2) is 7.21. The number of aryl methyl sites for hydroxylation is 1. The Morgan fingerprint density at radius 3 is 2.59 bits per heavy atom. The van der Waals surface area contributed by atoms with Crippen LogP contribution in [0.1, 0.15) is 15.9 Å². The van der Waals surface area contributed by atoms with Gasteiger partial charge in [-0.05, 0) is 31.2 Å². The summed E-state index contributed by atoms with van der Waals surface area (Å²) in [5, 5.41) is 6.87. The maximum atomic E-state index is 12.7. The predicted molar refractivity (Wildman–Crippen MR) is 102 cm³/mol. The molecular weight excluding hydrogens is 340 g/mol. The molecule has 0 spiro atoms. The van der Waals surface area contributed by atoms with Crippen molar-refractivity contribution in [3.05, 3.63) is 84.2 Å². The highest BCUT2D eigenvalue weighted by molar-refractivity contribution is 6.08. The van der Waals surface area contributed by atoms with Gasteiger partial charge in [0.1, 0.15) is 0 Å². The fourth-order valence-electron chi connectivity index (χ4n) is 2.66. The summed E-state index contributed by atoms with van der Waals surface area (Å²) in [4.78, 5) is 21.2. The van der Waals surface area contributed by atoms with Crippen LogP contribution in [0.3, 0.4) is 0 Å². The van der Waals surface area contributed by atoms with Crippen LogP contribution in [0.5, 0.6) is 0 Å². The fourth-order valence-corrected chi connectivity index (χ4v) is 2.66. The van der Waals surface area contributed by atoms with E-state index in [1.54, 1.807) is 42.7 Å². The number of pyridine rings is 1. The van der Waals surface area contributed by atoms with Crippen LogP contribution < -0.4 is 5.32 Å². The number of nitrogens with one attached hydrogen (secondary N) is 1. The molecule has 0 saturated carbocycles. The molecule has 2 aromatic carbocycles. The maximum absolute atomic E-state index is 12.7. The van der Waals surface area contributed by atoms with Gasteiger partial charge in [0.25, 0.3) is 11.8 Å². The van der Waals surface area contributed by atoms with Gasteiger partial charge in [-0.1, -0.05) is 47.1 Å². The van der Waals surface area contributed by atoms with Gasteiger partial charge in [-0.15, -0.1) is 0 Å². The van der Waals surface area contributed by atoms with Crippen molar-refractivity contribution in [1.82, 2.24) is 15.1 Å². The summed E-state index contributed by atoms with van der Waals surface area (Å²) in [5.41, 5.74) is 3.64. The minimum Gasteiger partial charge on any atom is -0.334 e. The Balaban J connectivity index is 1.65. The van der Waals surface area contributed by atoms with E-state index in [9.17, 15) is 4.79 Å². The summed E-state index contributed by atoms with van der Waals surface area (Å²) in [7, 11) is 0. The lowest BCUT2D eigenvalue weighted by Gasteiger charge is -2.07. The molecule has 1 N–H and O–H groups in total. The SMILES string of the molecule is Cc1ccc(-c2noc(-c3ccccc3C(=O)Nc3cccnc3)n2)cc1. The van der Waals surface area contributed by atoms with Crippen LogP contribution in [0.25, 0.3) is 22.8 Å². The second-order valence-corrected chi connectivity index (χ2v) is 6.03. The summed E-state index contributed by atoms with van der Waals surface area (Å²) >= 11 is 0. The molecule has 4 aromatic rings. The van der Waals surface area contributed by atoms with Crippen molar-refractivity contribution in [3.8, 4) is 22.8 Å².